The minimum Gasteiger partial charge on any atom is -0.363 e. The Hall–Kier alpha value is -2.27. The first-order valence-corrected chi connectivity index (χ1v) is 10.9. The van der Waals surface area contributed by atoms with Gasteiger partial charge in [-0.3, -0.25) is 0 Å². The van der Waals surface area contributed by atoms with Crippen LogP contribution >= 0.6 is 11.6 Å². The van der Waals surface area contributed by atoms with Gasteiger partial charge in [-0.2, -0.15) is 0 Å². The van der Waals surface area contributed by atoms with Gasteiger partial charge in [-0.15, -0.1) is 0 Å². The van der Waals surface area contributed by atoms with Crippen molar-refractivity contribution in [2.45, 2.75) is 59.4 Å². The van der Waals surface area contributed by atoms with Gasteiger partial charge in [-0.25, -0.2) is 9.97 Å². The predicted molar refractivity (Wildman–Crippen MR) is 125 cm³/mol. The zero-order chi connectivity index (χ0) is 21.1. The molecule has 156 valence electrons. The number of benzene rings is 1. The molecule has 0 amide bonds. The van der Waals surface area contributed by atoms with E-state index in [-0.39, 0.29) is 0 Å². The maximum atomic E-state index is 6.57. The summed E-state index contributed by atoms with van der Waals surface area (Å²) in [7, 11) is 3.99. The van der Waals surface area contributed by atoms with Crippen molar-refractivity contribution < 1.29 is 0 Å². The average Bonchev–Trinajstić information content (AvgIpc) is 3.05. The van der Waals surface area contributed by atoms with E-state index >= 15 is 0 Å². The van der Waals surface area contributed by atoms with Crippen LogP contribution in [0.3, 0.4) is 0 Å². The van der Waals surface area contributed by atoms with E-state index < -0.39 is 0 Å². The number of nitrogens with zero attached hydrogens (tertiary/aromatic N) is 4. The van der Waals surface area contributed by atoms with Gasteiger partial charge in [0.1, 0.15) is 11.3 Å². The van der Waals surface area contributed by atoms with Gasteiger partial charge in [0.15, 0.2) is 0 Å². The number of fused-ring (bicyclic) bond motifs is 1. The first kappa shape index (κ1) is 21.4. The molecule has 0 aliphatic heterocycles. The molecule has 0 saturated carbocycles. The number of hydrogen-bond acceptors (Lipinski definition) is 4. The molecule has 0 radical (unpaired) electrons. The molecule has 5 nitrogen and oxygen atoms in total. The van der Waals surface area contributed by atoms with Crippen LogP contribution in [0.25, 0.3) is 11.0 Å². The zero-order valence-electron chi connectivity index (χ0n) is 18.4. The Morgan fingerprint density at radius 2 is 1.90 bits per heavy atom. The van der Waals surface area contributed by atoms with Crippen LogP contribution in [0.1, 0.15) is 57.1 Å². The topological polar surface area (TPSA) is 46.0 Å². The van der Waals surface area contributed by atoms with Crippen LogP contribution in [0, 0.1) is 6.92 Å². The predicted octanol–water partition coefficient (Wildman–Crippen LogP) is 6.52. The van der Waals surface area contributed by atoms with E-state index in [4.69, 9.17) is 16.6 Å². The van der Waals surface area contributed by atoms with E-state index in [0.29, 0.717) is 10.9 Å². The third kappa shape index (κ3) is 4.20. The summed E-state index contributed by atoms with van der Waals surface area (Å²) in [5, 5.41) is 4.22. The van der Waals surface area contributed by atoms with E-state index in [2.05, 4.69) is 54.7 Å². The Kier molecular flexibility index (Phi) is 6.68. The second-order valence-corrected chi connectivity index (χ2v) is 8.22. The number of pyridine rings is 1. The standard InChI is InChI=1S/C23H32ClN5/c1-7-12-29-22-17(16(8-2)9-3)10-11-18(24)21(22)27-23(29)26-19-14-25-20(28(5)6)13-15(19)4/h10-11,13-14,16H,7-9,12H2,1-6H3,(H,26,27). The van der Waals surface area contributed by atoms with Crippen molar-refractivity contribution in [1.82, 2.24) is 14.5 Å². The number of nitrogens with one attached hydrogen (secondary N) is 1. The van der Waals surface area contributed by atoms with Crippen molar-refractivity contribution >= 4 is 40.1 Å². The molecule has 3 aromatic rings. The summed E-state index contributed by atoms with van der Waals surface area (Å²) in [5.74, 6) is 2.26. The number of aryl methyl sites for hydroxylation is 2. The van der Waals surface area contributed by atoms with Gasteiger partial charge in [0.2, 0.25) is 5.95 Å². The lowest BCUT2D eigenvalue weighted by molar-refractivity contribution is 0.637. The van der Waals surface area contributed by atoms with E-state index in [1.54, 1.807) is 0 Å². The molecular formula is C23H32ClN5. The molecule has 0 bridgehead atoms. The van der Waals surface area contributed by atoms with Gasteiger partial charge in [0, 0.05) is 20.6 Å². The maximum Gasteiger partial charge on any atom is 0.208 e. The van der Waals surface area contributed by atoms with Crippen LogP contribution in [-0.4, -0.2) is 28.6 Å². The quantitative estimate of drug-likeness (QED) is 0.456. The molecule has 0 aliphatic carbocycles. The van der Waals surface area contributed by atoms with Crippen LogP contribution in [0.5, 0.6) is 0 Å². The van der Waals surface area contributed by atoms with Crippen LogP contribution in [-0.2, 0) is 6.54 Å². The highest BCUT2D eigenvalue weighted by Gasteiger charge is 2.20. The van der Waals surface area contributed by atoms with Crippen molar-refractivity contribution in [2.75, 3.05) is 24.3 Å². The Morgan fingerprint density at radius 3 is 2.48 bits per heavy atom. The smallest absolute Gasteiger partial charge is 0.208 e. The lowest BCUT2D eigenvalue weighted by Gasteiger charge is -2.18. The maximum absolute atomic E-state index is 6.57. The minimum absolute atomic E-state index is 0.498. The van der Waals surface area contributed by atoms with Crippen molar-refractivity contribution in [2.24, 2.45) is 0 Å². The van der Waals surface area contributed by atoms with E-state index in [9.17, 15) is 0 Å². The summed E-state index contributed by atoms with van der Waals surface area (Å²) in [6.45, 7) is 9.65. The fraction of sp³-hybridized carbons (Fsp3) is 0.478. The van der Waals surface area contributed by atoms with Crippen LogP contribution in [0.2, 0.25) is 5.02 Å². The molecule has 0 fully saturated rings. The van der Waals surface area contributed by atoms with Gasteiger partial charge in [0.25, 0.3) is 0 Å². The molecule has 6 heteroatoms. The highest BCUT2D eigenvalue weighted by atomic mass is 35.5. The van der Waals surface area contributed by atoms with Gasteiger partial charge in [-0.1, -0.05) is 38.4 Å². The van der Waals surface area contributed by atoms with Gasteiger partial charge >= 0.3 is 0 Å². The Bertz CT molecular complexity index is 989. The van der Waals surface area contributed by atoms with Crippen LogP contribution in [0.4, 0.5) is 17.5 Å². The molecule has 0 spiro atoms. The van der Waals surface area contributed by atoms with Crippen LogP contribution < -0.4 is 10.2 Å². The highest BCUT2D eigenvalue weighted by Crippen LogP contribution is 2.36. The number of imidazole rings is 1. The van der Waals surface area contributed by atoms with Crippen molar-refractivity contribution in [3.05, 3.63) is 40.5 Å². The minimum atomic E-state index is 0.498. The van der Waals surface area contributed by atoms with E-state index in [0.717, 1.165) is 59.9 Å². The Labute approximate surface area is 179 Å². The summed E-state index contributed by atoms with van der Waals surface area (Å²) in [5.41, 5.74) is 5.46. The largest absolute Gasteiger partial charge is 0.363 e. The van der Waals surface area contributed by atoms with E-state index in [1.807, 2.05) is 31.3 Å². The summed E-state index contributed by atoms with van der Waals surface area (Å²) >= 11 is 6.57. The number of aromatic nitrogens is 3. The number of anilines is 3. The molecular weight excluding hydrogens is 382 g/mol. The Balaban J connectivity index is 2.14. The van der Waals surface area contributed by atoms with Gasteiger partial charge in [0.05, 0.1) is 22.4 Å². The molecule has 0 saturated heterocycles. The first-order valence-electron chi connectivity index (χ1n) is 10.5. The molecule has 1 aromatic carbocycles. The van der Waals surface area contributed by atoms with Crippen LogP contribution in [0.15, 0.2) is 24.4 Å². The monoisotopic (exact) mass is 413 g/mol. The SMILES string of the molecule is CCCn1c(Nc2cnc(N(C)C)cc2C)nc2c(Cl)ccc(C(CC)CC)c21. The molecule has 1 N–H and O–H groups in total. The summed E-state index contributed by atoms with van der Waals surface area (Å²) < 4.78 is 2.29. The number of halogens is 1. The molecule has 2 aromatic heterocycles. The lowest BCUT2D eigenvalue weighted by Crippen LogP contribution is -2.11. The van der Waals surface area contributed by atoms with Crippen molar-refractivity contribution in [3.63, 3.8) is 0 Å². The summed E-state index contributed by atoms with van der Waals surface area (Å²) in [6.07, 6.45) is 5.10. The summed E-state index contributed by atoms with van der Waals surface area (Å²) in [4.78, 5) is 11.5. The number of hydrogen-bond donors (Lipinski definition) is 1. The fourth-order valence-electron chi connectivity index (χ4n) is 3.86. The molecule has 2 heterocycles. The Morgan fingerprint density at radius 1 is 1.17 bits per heavy atom. The third-order valence-electron chi connectivity index (χ3n) is 5.55. The third-order valence-corrected chi connectivity index (χ3v) is 5.86. The second kappa shape index (κ2) is 9.04. The lowest BCUT2D eigenvalue weighted by atomic mass is 9.93. The molecule has 0 aliphatic rings. The van der Waals surface area contributed by atoms with Crippen molar-refractivity contribution in [1.29, 1.82) is 0 Å². The zero-order valence-corrected chi connectivity index (χ0v) is 19.1. The molecule has 3 rings (SSSR count). The molecule has 29 heavy (non-hydrogen) atoms. The number of rotatable bonds is 8. The average molecular weight is 414 g/mol. The van der Waals surface area contributed by atoms with Crippen molar-refractivity contribution in [3.8, 4) is 0 Å². The molecule has 0 atom stereocenters. The normalized spacial score (nSPS) is 11.4. The highest BCUT2D eigenvalue weighted by molar-refractivity contribution is 6.35. The van der Waals surface area contributed by atoms with E-state index in [1.165, 1.54) is 5.56 Å². The fourth-order valence-corrected chi connectivity index (χ4v) is 4.06. The van der Waals surface area contributed by atoms with Gasteiger partial charge < -0.3 is 14.8 Å². The first-order chi connectivity index (χ1) is 13.9. The second-order valence-electron chi connectivity index (χ2n) is 7.81. The summed E-state index contributed by atoms with van der Waals surface area (Å²) in [6, 6.07) is 6.25. The molecule has 0 unspecified atom stereocenters. The van der Waals surface area contributed by atoms with Gasteiger partial charge in [-0.05, 0) is 55.4 Å².